The van der Waals surface area contributed by atoms with E-state index in [9.17, 15) is 4.79 Å². The molecular formula is C17H32N2O3. The van der Waals surface area contributed by atoms with Gasteiger partial charge in [-0.2, -0.15) is 0 Å². The summed E-state index contributed by atoms with van der Waals surface area (Å²) in [5.41, 5.74) is 5.34. The number of rotatable bonds is 4. The predicted octanol–water partition coefficient (Wildman–Crippen LogP) is 1.65. The quantitative estimate of drug-likeness (QED) is 0.800. The number of nitrogens with two attached hydrogens (primary N) is 1. The van der Waals surface area contributed by atoms with Crippen LogP contribution in [0.2, 0.25) is 0 Å². The summed E-state index contributed by atoms with van der Waals surface area (Å²) in [6, 6.07) is 0. The van der Waals surface area contributed by atoms with Crippen molar-refractivity contribution in [3.8, 4) is 0 Å². The SMILES string of the molecule is CC(C)(C)OC(=O)C1CCOCC1CN1CCC(CN)CC1. The number of nitrogens with zero attached hydrogens (tertiary/aromatic N) is 1. The Morgan fingerprint density at radius 3 is 2.55 bits per heavy atom. The Bertz CT molecular complexity index is 359. The minimum Gasteiger partial charge on any atom is -0.460 e. The standard InChI is InChI=1S/C17H32N2O3/c1-17(2,3)22-16(20)15-6-9-21-12-14(15)11-19-7-4-13(10-18)5-8-19/h13-15H,4-12,18H2,1-3H3. The highest BCUT2D eigenvalue weighted by atomic mass is 16.6. The molecule has 2 fully saturated rings. The van der Waals surface area contributed by atoms with Crippen LogP contribution in [0.5, 0.6) is 0 Å². The van der Waals surface area contributed by atoms with Crippen LogP contribution in [0.3, 0.4) is 0 Å². The van der Waals surface area contributed by atoms with Crippen LogP contribution in [0, 0.1) is 17.8 Å². The summed E-state index contributed by atoms with van der Waals surface area (Å²) >= 11 is 0. The monoisotopic (exact) mass is 312 g/mol. The molecule has 0 aromatic carbocycles. The molecule has 0 amide bonds. The number of esters is 1. The molecule has 0 saturated carbocycles. The van der Waals surface area contributed by atoms with Gasteiger partial charge in [-0.3, -0.25) is 4.79 Å². The maximum Gasteiger partial charge on any atom is 0.309 e. The third-order valence-corrected chi connectivity index (χ3v) is 4.72. The molecule has 2 unspecified atom stereocenters. The highest BCUT2D eigenvalue weighted by Crippen LogP contribution is 2.27. The molecule has 0 aromatic rings. The Morgan fingerprint density at radius 2 is 1.95 bits per heavy atom. The third-order valence-electron chi connectivity index (χ3n) is 4.72. The number of ether oxygens (including phenoxy) is 2. The number of likely N-dealkylation sites (tertiary alicyclic amines) is 1. The van der Waals surface area contributed by atoms with Gasteiger partial charge in [-0.25, -0.2) is 0 Å². The second kappa shape index (κ2) is 7.75. The molecule has 2 aliphatic heterocycles. The van der Waals surface area contributed by atoms with Gasteiger partial charge in [0.15, 0.2) is 0 Å². The van der Waals surface area contributed by atoms with Gasteiger partial charge in [0.05, 0.1) is 12.5 Å². The number of hydrogen-bond acceptors (Lipinski definition) is 5. The number of piperidine rings is 1. The molecular weight excluding hydrogens is 280 g/mol. The molecule has 0 radical (unpaired) electrons. The molecule has 2 rings (SSSR count). The lowest BCUT2D eigenvalue weighted by molar-refractivity contribution is -0.167. The molecule has 2 N–H and O–H groups in total. The van der Waals surface area contributed by atoms with Crippen molar-refractivity contribution in [1.29, 1.82) is 0 Å². The highest BCUT2D eigenvalue weighted by Gasteiger charge is 2.36. The summed E-state index contributed by atoms with van der Waals surface area (Å²) in [6.07, 6.45) is 3.11. The van der Waals surface area contributed by atoms with E-state index in [0.29, 0.717) is 19.1 Å². The average molecular weight is 312 g/mol. The average Bonchev–Trinajstić information content (AvgIpc) is 2.47. The van der Waals surface area contributed by atoms with E-state index in [1.807, 2.05) is 20.8 Å². The van der Waals surface area contributed by atoms with E-state index in [0.717, 1.165) is 32.6 Å². The van der Waals surface area contributed by atoms with E-state index in [4.69, 9.17) is 15.2 Å². The lowest BCUT2D eigenvalue weighted by atomic mass is 9.86. The maximum absolute atomic E-state index is 12.5. The molecule has 128 valence electrons. The van der Waals surface area contributed by atoms with Gasteiger partial charge in [0.1, 0.15) is 5.60 Å². The molecule has 2 heterocycles. The first kappa shape index (κ1) is 17.7. The first-order chi connectivity index (χ1) is 10.4. The van der Waals surface area contributed by atoms with E-state index < -0.39 is 5.60 Å². The van der Waals surface area contributed by atoms with Gasteiger partial charge in [0.25, 0.3) is 0 Å². The van der Waals surface area contributed by atoms with Crippen molar-refractivity contribution in [2.45, 2.75) is 45.6 Å². The van der Waals surface area contributed by atoms with Crippen LogP contribution in [-0.2, 0) is 14.3 Å². The Labute approximate surface area is 134 Å². The van der Waals surface area contributed by atoms with Crippen molar-refractivity contribution in [3.63, 3.8) is 0 Å². The molecule has 22 heavy (non-hydrogen) atoms. The third kappa shape index (κ3) is 5.21. The minimum absolute atomic E-state index is 0.0276. The number of carbonyl (C=O) groups is 1. The Kier molecular flexibility index (Phi) is 6.24. The highest BCUT2D eigenvalue weighted by molar-refractivity contribution is 5.73. The topological polar surface area (TPSA) is 64.8 Å². The summed E-state index contributed by atoms with van der Waals surface area (Å²) in [5, 5.41) is 0. The zero-order valence-corrected chi connectivity index (χ0v) is 14.3. The summed E-state index contributed by atoms with van der Waals surface area (Å²) in [5.74, 6) is 0.830. The number of carbonyl (C=O) groups excluding carboxylic acids is 1. The minimum atomic E-state index is -0.417. The molecule has 2 saturated heterocycles. The lowest BCUT2D eigenvalue weighted by Gasteiger charge is -2.38. The van der Waals surface area contributed by atoms with Crippen molar-refractivity contribution in [1.82, 2.24) is 4.90 Å². The van der Waals surface area contributed by atoms with E-state index >= 15 is 0 Å². The van der Waals surface area contributed by atoms with Gasteiger partial charge in [-0.1, -0.05) is 0 Å². The normalized spacial score (nSPS) is 28.5. The van der Waals surface area contributed by atoms with Crippen LogP contribution in [0.25, 0.3) is 0 Å². The fraction of sp³-hybridized carbons (Fsp3) is 0.941. The molecule has 0 aliphatic carbocycles. The smallest absolute Gasteiger partial charge is 0.309 e. The molecule has 0 bridgehead atoms. The molecule has 2 aliphatic rings. The first-order valence-electron chi connectivity index (χ1n) is 8.62. The predicted molar refractivity (Wildman–Crippen MR) is 86.5 cm³/mol. The van der Waals surface area contributed by atoms with Crippen LogP contribution in [0.15, 0.2) is 0 Å². The van der Waals surface area contributed by atoms with Crippen molar-refractivity contribution in [2.24, 2.45) is 23.5 Å². The van der Waals surface area contributed by atoms with Crippen LogP contribution in [0.1, 0.15) is 40.0 Å². The molecule has 2 atom stereocenters. The van der Waals surface area contributed by atoms with Crippen molar-refractivity contribution < 1.29 is 14.3 Å². The van der Waals surface area contributed by atoms with E-state index in [1.165, 1.54) is 12.8 Å². The zero-order chi connectivity index (χ0) is 16.2. The summed E-state index contributed by atoms with van der Waals surface area (Å²) in [4.78, 5) is 14.9. The molecule has 0 aromatic heterocycles. The maximum atomic E-state index is 12.5. The van der Waals surface area contributed by atoms with Crippen molar-refractivity contribution in [2.75, 3.05) is 39.4 Å². The molecule has 5 heteroatoms. The first-order valence-corrected chi connectivity index (χ1v) is 8.62. The number of hydrogen-bond donors (Lipinski definition) is 1. The van der Waals surface area contributed by atoms with Crippen LogP contribution >= 0.6 is 0 Å². The molecule has 5 nitrogen and oxygen atoms in total. The molecule has 0 spiro atoms. The lowest BCUT2D eigenvalue weighted by Crippen LogP contribution is -2.45. The van der Waals surface area contributed by atoms with Crippen molar-refractivity contribution in [3.05, 3.63) is 0 Å². The van der Waals surface area contributed by atoms with E-state index in [1.54, 1.807) is 0 Å². The Hall–Kier alpha value is -0.650. The largest absolute Gasteiger partial charge is 0.460 e. The summed E-state index contributed by atoms with van der Waals surface area (Å²) in [6.45, 7) is 11.0. The van der Waals surface area contributed by atoms with Gasteiger partial charge >= 0.3 is 5.97 Å². The van der Waals surface area contributed by atoms with E-state index in [-0.39, 0.29) is 17.8 Å². The fourth-order valence-corrected chi connectivity index (χ4v) is 3.40. The second-order valence-electron chi connectivity index (χ2n) is 7.74. The van der Waals surface area contributed by atoms with Crippen LogP contribution in [-0.4, -0.2) is 55.9 Å². The summed E-state index contributed by atoms with van der Waals surface area (Å²) < 4.78 is 11.2. The van der Waals surface area contributed by atoms with Gasteiger partial charge < -0.3 is 20.1 Å². The van der Waals surface area contributed by atoms with Crippen LogP contribution in [0.4, 0.5) is 0 Å². The fourth-order valence-electron chi connectivity index (χ4n) is 3.40. The zero-order valence-electron chi connectivity index (χ0n) is 14.3. The van der Waals surface area contributed by atoms with Gasteiger partial charge in [0.2, 0.25) is 0 Å². The Morgan fingerprint density at radius 1 is 1.27 bits per heavy atom. The summed E-state index contributed by atoms with van der Waals surface area (Å²) in [7, 11) is 0. The van der Waals surface area contributed by atoms with Crippen molar-refractivity contribution >= 4 is 5.97 Å². The van der Waals surface area contributed by atoms with Gasteiger partial charge in [-0.15, -0.1) is 0 Å². The Balaban J connectivity index is 1.88. The van der Waals surface area contributed by atoms with Gasteiger partial charge in [-0.05, 0) is 65.6 Å². The van der Waals surface area contributed by atoms with Crippen LogP contribution < -0.4 is 5.73 Å². The van der Waals surface area contributed by atoms with E-state index in [2.05, 4.69) is 4.90 Å². The second-order valence-corrected chi connectivity index (χ2v) is 7.74. The van der Waals surface area contributed by atoms with Gasteiger partial charge in [0, 0.05) is 19.1 Å².